The SMILES string of the molecule is Cc1c(C2CN3CCN(C(=O)C4CCCc5cc(-n6cnnn6)ccc54)CC3CO2)ccc(F)c1C#N. The van der Waals surface area contributed by atoms with Crippen LogP contribution in [0.5, 0.6) is 0 Å². The molecule has 0 bridgehead atoms. The molecule has 3 unspecified atom stereocenters. The maximum Gasteiger partial charge on any atom is 0.230 e. The van der Waals surface area contributed by atoms with Gasteiger partial charge in [0.15, 0.2) is 0 Å². The number of tetrazole rings is 1. The maximum absolute atomic E-state index is 14.0. The number of carbonyl (C=O) groups excluding carboxylic acids is 1. The zero-order valence-corrected chi connectivity index (χ0v) is 20.7. The van der Waals surface area contributed by atoms with E-state index in [1.54, 1.807) is 24.0 Å². The van der Waals surface area contributed by atoms with Crippen LogP contribution in [-0.4, -0.2) is 74.7 Å². The van der Waals surface area contributed by atoms with E-state index in [0.717, 1.165) is 42.6 Å². The largest absolute Gasteiger partial charge is 0.370 e. The molecule has 3 aromatic rings. The number of hydrogen-bond donors (Lipinski definition) is 0. The summed E-state index contributed by atoms with van der Waals surface area (Å²) >= 11 is 0. The number of aromatic nitrogens is 4. The lowest BCUT2D eigenvalue weighted by Gasteiger charge is -2.47. The molecule has 2 aliphatic heterocycles. The monoisotopic (exact) mass is 501 g/mol. The van der Waals surface area contributed by atoms with E-state index in [1.807, 2.05) is 17.0 Å². The van der Waals surface area contributed by atoms with Gasteiger partial charge in [-0.05, 0) is 77.1 Å². The van der Waals surface area contributed by atoms with Gasteiger partial charge in [-0.1, -0.05) is 12.1 Å². The van der Waals surface area contributed by atoms with Gasteiger partial charge in [0.1, 0.15) is 18.2 Å². The summed E-state index contributed by atoms with van der Waals surface area (Å²) in [4.78, 5) is 18.1. The van der Waals surface area contributed by atoms with Crippen LogP contribution in [0.3, 0.4) is 0 Å². The normalized spacial score (nSPS) is 23.7. The second kappa shape index (κ2) is 9.65. The van der Waals surface area contributed by atoms with Crippen molar-refractivity contribution in [3.63, 3.8) is 0 Å². The highest BCUT2D eigenvalue weighted by molar-refractivity contribution is 5.84. The molecule has 10 heteroatoms. The molecule has 37 heavy (non-hydrogen) atoms. The van der Waals surface area contributed by atoms with E-state index >= 15 is 0 Å². The number of piperazine rings is 1. The van der Waals surface area contributed by atoms with Crippen molar-refractivity contribution in [3.05, 3.63) is 70.3 Å². The zero-order valence-electron chi connectivity index (χ0n) is 20.7. The molecule has 1 aromatic heterocycles. The molecule has 0 spiro atoms. The van der Waals surface area contributed by atoms with E-state index in [-0.39, 0.29) is 29.5 Å². The molecule has 3 atom stereocenters. The Kier molecular flexibility index (Phi) is 6.18. The van der Waals surface area contributed by atoms with Crippen LogP contribution in [0.2, 0.25) is 0 Å². The molecule has 0 saturated carbocycles. The summed E-state index contributed by atoms with van der Waals surface area (Å²) in [6.07, 6.45) is 4.12. The highest BCUT2D eigenvalue weighted by Gasteiger charge is 2.38. The Hall–Kier alpha value is -3.68. The van der Waals surface area contributed by atoms with Gasteiger partial charge in [0.25, 0.3) is 0 Å². The fourth-order valence-corrected chi connectivity index (χ4v) is 6.05. The number of rotatable bonds is 3. The smallest absolute Gasteiger partial charge is 0.230 e. The van der Waals surface area contributed by atoms with E-state index in [2.05, 4.69) is 32.6 Å². The standard InChI is InChI=1S/C27H28FN7O2/c1-17-21(7-8-25(28)24(17)12-29)26-14-33-9-10-34(13-20(33)15-37-26)27(36)23-4-2-3-18-11-19(5-6-22(18)23)35-16-30-31-32-35/h5-8,11,16,20,23,26H,2-4,9-10,13-15H2,1H3. The van der Waals surface area contributed by atoms with Crippen molar-refractivity contribution in [2.45, 2.75) is 44.2 Å². The van der Waals surface area contributed by atoms with E-state index in [4.69, 9.17) is 4.74 Å². The maximum atomic E-state index is 14.0. The number of fused-ring (bicyclic) bond motifs is 2. The molecule has 1 amide bonds. The summed E-state index contributed by atoms with van der Waals surface area (Å²) in [5, 5.41) is 20.7. The lowest BCUT2D eigenvalue weighted by molar-refractivity contribution is -0.142. The lowest BCUT2D eigenvalue weighted by Crippen LogP contribution is -2.60. The van der Waals surface area contributed by atoms with Crippen LogP contribution in [0.1, 0.15) is 52.7 Å². The summed E-state index contributed by atoms with van der Waals surface area (Å²) in [5.74, 6) is -0.451. The second-order valence-electron chi connectivity index (χ2n) is 10.1. The van der Waals surface area contributed by atoms with Crippen LogP contribution in [0.15, 0.2) is 36.7 Å². The number of carbonyl (C=O) groups is 1. The van der Waals surface area contributed by atoms with Crippen molar-refractivity contribution < 1.29 is 13.9 Å². The van der Waals surface area contributed by atoms with Gasteiger partial charge >= 0.3 is 0 Å². The summed E-state index contributed by atoms with van der Waals surface area (Å²) < 4.78 is 21.8. The first-order valence-electron chi connectivity index (χ1n) is 12.7. The minimum Gasteiger partial charge on any atom is -0.370 e. The van der Waals surface area contributed by atoms with Crippen LogP contribution < -0.4 is 0 Å². The average molecular weight is 502 g/mol. The summed E-state index contributed by atoms with van der Waals surface area (Å²) in [7, 11) is 0. The van der Waals surface area contributed by atoms with Crippen molar-refractivity contribution in [1.29, 1.82) is 5.26 Å². The predicted molar refractivity (Wildman–Crippen MR) is 131 cm³/mol. The summed E-state index contributed by atoms with van der Waals surface area (Å²) in [6, 6.07) is 11.3. The summed E-state index contributed by atoms with van der Waals surface area (Å²) in [6.45, 7) is 4.99. The first kappa shape index (κ1) is 23.7. The number of aryl methyl sites for hydroxylation is 1. The minimum absolute atomic E-state index is 0.0801. The third kappa shape index (κ3) is 4.28. The molecule has 3 heterocycles. The Morgan fingerprint density at radius 1 is 1.19 bits per heavy atom. The van der Waals surface area contributed by atoms with Crippen molar-refractivity contribution in [2.75, 3.05) is 32.8 Å². The van der Waals surface area contributed by atoms with Gasteiger partial charge < -0.3 is 9.64 Å². The van der Waals surface area contributed by atoms with Crippen molar-refractivity contribution in [1.82, 2.24) is 30.0 Å². The van der Waals surface area contributed by atoms with Gasteiger partial charge in [-0.25, -0.2) is 9.07 Å². The molecule has 6 rings (SSSR count). The average Bonchev–Trinajstić information content (AvgIpc) is 3.47. The van der Waals surface area contributed by atoms with E-state index in [9.17, 15) is 14.4 Å². The number of morpholine rings is 1. The molecule has 3 aliphatic rings. The number of hydrogen-bond acceptors (Lipinski definition) is 7. The third-order valence-electron chi connectivity index (χ3n) is 8.07. The first-order valence-corrected chi connectivity index (χ1v) is 12.7. The lowest BCUT2D eigenvalue weighted by atomic mass is 9.81. The highest BCUT2D eigenvalue weighted by Crippen LogP contribution is 2.36. The molecule has 190 valence electrons. The van der Waals surface area contributed by atoms with Gasteiger partial charge in [-0.2, -0.15) is 5.26 Å². The van der Waals surface area contributed by atoms with E-state index in [0.29, 0.717) is 31.8 Å². The van der Waals surface area contributed by atoms with E-state index in [1.165, 1.54) is 11.6 Å². The first-order chi connectivity index (χ1) is 18.0. The number of ether oxygens (including phenoxy) is 1. The molecule has 9 nitrogen and oxygen atoms in total. The van der Waals surface area contributed by atoms with Gasteiger partial charge in [0.2, 0.25) is 5.91 Å². The Morgan fingerprint density at radius 2 is 2.05 bits per heavy atom. The Bertz CT molecular complexity index is 1370. The Labute approximate surface area is 214 Å². The topological polar surface area (TPSA) is 100 Å². The molecule has 0 radical (unpaired) electrons. The van der Waals surface area contributed by atoms with Crippen LogP contribution in [0.25, 0.3) is 5.69 Å². The van der Waals surface area contributed by atoms with Crippen LogP contribution >= 0.6 is 0 Å². The number of halogens is 1. The quantitative estimate of drug-likeness (QED) is 0.544. The molecule has 1 aliphatic carbocycles. The third-order valence-corrected chi connectivity index (χ3v) is 8.07. The van der Waals surface area contributed by atoms with Gasteiger partial charge in [-0.3, -0.25) is 9.69 Å². The number of benzene rings is 2. The highest BCUT2D eigenvalue weighted by atomic mass is 19.1. The van der Waals surface area contributed by atoms with Gasteiger partial charge in [-0.15, -0.1) is 5.10 Å². The molecule has 0 N–H and O–H groups in total. The van der Waals surface area contributed by atoms with Gasteiger partial charge in [0.05, 0.1) is 35.9 Å². The Morgan fingerprint density at radius 3 is 2.86 bits per heavy atom. The van der Waals surface area contributed by atoms with Gasteiger partial charge in [0, 0.05) is 26.2 Å². The van der Waals surface area contributed by atoms with Crippen LogP contribution in [-0.2, 0) is 16.0 Å². The molecular formula is C27H28FN7O2. The molecular weight excluding hydrogens is 473 g/mol. The summed E-state index contributed by atoms with van der Waals surface area (Å²) in [5.41, 5.74) is 4.77. The number of nitriles is 1. The predicted octanol–water partition coefficient (Wildman–Crippen LogP) is 2.69. The van der Waals surface area contributed by atoms with Crippen LogP contribution in [0.4, 0.5) is 4.39 Å². The van der Waals surface area contributed by atoms with Crippen molar-refractivity contribution >= 4 is 5.91 Å². The Balaban J connectivity index is 1.14. The second-order valence-corrected chi connectivity index (χ2v) is 10.1. The fourth-order valence-electron chi connectivity index (χ4n) is 6.05. The van der Waals surface area contributed by atoms with Crippen molar-refractivity contribution in [3.8, 4) is 11.8 Å². The minimum atomic E-state index is -0.500. The van der Waals surface area contributed by atoms with Crippen molar-refractivity contribution in [2.24, 2.45) is 0 Å². The van der Waals surface area contributed by atoms with E-state index < -0.39 is 5.82 Å². The molecule has 2 saturated heterocycles. The van der Waals surface area contributed by atoms with Crippen LogP contribution in [0, 0.1) is 24.1 Å². The fraction of sp³-hybridized carbons (Fsp3) is 0.444. The number of nitrogens with zero attached hydrogens (tertiary/aromatic N) is 7. The number of amides is 1. The zero-order chi connectivity index (χ0) is 25.5. The molecule has 2 fully saturated rings. The molecule has 2 aromatic carbocycles.